The van der Waals surface area contributed by atoms with Crippen molar-refractivity contribution >= 4 is 0 Å². The standard InChI is InChI=1S/C36H30N6/c1-25-37-13-16-40(25)34-10-4-7-28(22-34)31-19-32(29-8-5-11-35(23-29)41-17-14-38-26(41)2)21-33(20-31)30-9-6-12-36(24-30)42-18-15-39-27(42)3/h4-24H,1-3H3. The number of rotatable bonds is 6. The SMILES string of the molecule is Cc1nccn1-c1cccc(-c2cc(-c3cccc(-n4ccnc4C)c3)cc(-c3cccc(-n4ccnc4C)c3)c2)c1. The number of imidazole rings is 3. The van der Waals surface area contributed by atoms with Crippen molar-refractivity contribution in [3.8, 4) is 50.4 Å². The summed E-state index contributed by atoms with van der Waals surface area (Å²) < 4.78 is 6.34. The van der Waals surface area contributed by atoms with Gasteiger partial charge in [-0.25, -0.2) is 15.0 Å². The molecule has 6 heteroatoms. The largest absolute Gasteiger partial charge is 0.304 e. The van der Waals surface area contributed by atoms with Crippen molar-refractivity contribution in [2.24, 2.45) is 0 Å². The number of hydrogen-bond donors (Lipinski definition) is 0. The van der Waals surface area contributed by atoms with Gasteiger partial charge in [0.2, 0.25) is 0 Å². The van der Waals surface area contributed by atoms with Crippen LogP contribution in [0.4, 0.5) is 0 Å². The molecule has 204 valence electrons. The fourth-order valence-corrected chi connectivity index (χ4v) is 5.59. The Bertz CT molecular complexity index is 1790. The monoisotopic (exact) mass is 546 g/mol. The predicted octanol–water partition coefficient (Wildman–Crippen LogP) is 8.17. The highest BCUT2D eigenvalue weighted by Gasteiger charge is 2.12. The predicted molar refractivity (Wildman–Crippen MR) is 168 cm³/mol. The topological polar surface area (TPSA) is 53.5 Å². The molecular weight excluding hydrogens is 516 g/mol. The van der Waals surface area contributed by atoms with Crippen molar-refractivity contribution in [3.05, 3.63) is 146 Å². The zero-order valence-electron chi connectivity index (χ0n) is 23.8. The molecule has 7 aromatic rings. The molecule has 0 atom stereocenters. The molecule has 7 rings (SSSR count). The summed E-state index contributed by atoms with van der Waals surface area (Å²) in [4.78, 5) is 13.3. The maximum Gasteiger partial charge on any atom is 0.110 e. The van der Waals surface area contributed by atoms with Gasteiger partial charge >= 0.3 is 0 Å². The molecule has 0 unspecified atom stereocenters. The second-order valence-corrected chi connectivity index (χ2v) is 10.5. The first-order valence-electron chi connectivity index (χ1n) is 14.0. The zero-order chi connectivity index (χ0) is 28.6. The summed E-state index contributed by atoms with van der Waals surface area (Å²) in [6.07, 6.45) is 11.5. The first-order chi connectivity index (χ1) is 20.5. The van der Waals surface area contributed by atoms with Crippen molar-refractivity contribution in [3.63, 3.8) is 0 Å². The highest BCUT2D eigenvalue weighted by atomic mass is 15.1. The van der Waals surface area contributed by atoms with Crippen molar-refractivity contribution in [1.29, 1.82) is 0 Å². The van der Waals surface area contributed by atoms with Crippen LogP contribution >= 0.6 is 0 Å². The number of aryl methyl sites for hydroxylation is 3. The van der Waals surface area contributed by atoms with E-state index in [1.165, 1.54) is 0 Å². The second kappa shape index (κ2) is 10.5. The van der Waals surface area contributed by atoms with E-state index in [1.54, 1.807) is 0 Å². The molecule has 0 amide bonds. The Kier molecular flexibility index (Phi) is 6.36. The maximum atomic E-state index is 4.42. The normalized spacial score (nSPS) is 11.2. The third kappa shape index (κ3) is 4.73. The number of aromatic nitrogens is 6. The van der Waals surface area contributed by atoms with Crippen LogP contribution in [0.2, 0.25) is 0 Å². The van der Waals surface area contributed by atoms with E-state index in [-0.39, 0.29) is 0 Å². The van der Waals surface area contributed by atoms with Crippen LogP contribution < -0.4 is 0 Å². The molecular formula is C36H30N6. The molecule has 0 saturated carbocycles. The number of nitrogens with zero attached hydrogens (tertiary/aromatic N) is 6. The molecule has 0 saturated heterocycles. The van der Waals surface area contributed by atoms with E-state index >= 15 is 0 Å². The Morgan fingerprint density at radius 3 is 0.952 bits per heavy atom. The second-order valence-electron chi connectivity index (χ2n) is 10.5. The van der Waals surface area contributed by atoms with Gasteiger partial charge < -0.3 is 13.7 Å². The van der Waals surface area contributed by atoms with E-state index in [2.05, 4.69) is 120 Å². The molecule has 0 radical (unpaired) electrons. The molecule has 0 bridgehead atoms. The van der Waals surface area contributed by atoms with Crippen LogP contribution in [0.15, 0.2) is 128 Å². The third-order valence-corrected chi connectivity index (χ3v) is 7.78. The van der Waals surface area contributed by atoms with Crippen molar-refractivity contribution in [2.45, 2.75) is 20.8 Å². The summed E-state index contributed by atoms with van der Waals surface area (Å²) in [5, 5.41) is 0. The van der Waals surface area contributed by atoms with Crippen LogP contribution in [0.1, 0.15) is 17.5 Å². The molecule has 3 heterocycles. The highest BCUT2D eigenvalue weighted by molar-refractivity contribution is 5.82. The van der Waals surface area contributed by atoms with Gasteiger partial charge in [0.25, 0.3) is 0 Å². The summed E-state index contributed by atoms with van der Waals surface area (Å²) in [6.45, 7) is 6.07. The maximum absolute atomic E-state index is 4.42. The molecule has 0 fully saturated rings. The van der Waals surface area contributed by atoms with E-state index in [4.69, 9.17) is 0 Å². The summed E-state index contributed by atoms with van der Waals surface area (Å²) in [5.41, 5.74) is 10.1. The molecule has 4 aromatic carbocycles. The van der Waals surface area contributed by atoms with Gasteiger partial charge in [0.15, 0.2) is 0 Å². The molecule has 0 aliphatic carbocycles. The minimum atomic E-state index is 0.958. The Balaban J connectivity index is 1.39. The molecule has 0 spiro atoms. The van der Waals surface area contributed by atoms with Crippen LogP contribution in [0, 0.1) is 20.8 Å². The van der Waals surface area contributed by atoms with Gasteiger partial charge in [0.05, 0.1) is 0 Å². The lowest BCUT2D eigenvalue weighted by Crippen LogP contribution is -1.97. The van der Waals surface area contributed by atoms with Crippen LogP contribution in [-0.2, 0) is 0 Å². The molecule has 0 aliphatic heterocycles. The van der Waals surface area contributed by atoms with Crippen molar-refractivity contribution < 1.29 is 0 Å². The van der Waals surface area contributed by atoms with Crippen molar-refractivity contribution in [2.75, 3.05) is 0 Å². The first kappa shape index (κ1) is 25.5. The van der Waals surface area contributed by atoms with Gasteiger partial charge in [-0.2, -0.15) is 0 Å². The number of benzene rings is 4. The summed E-state index contributed by atoms with van der Waals surface area (Å²) in [5.74, 6) is 2.87. The average molecular weight is 547 g/mol. The third-order valence-electron chi connectivity index (χ3n) is 7.78. The van der Waals surface area contributed by atoms with E-state index in [0.717, 1.165) is 67.9 Å². The summed E-state index contributed by atoms with van der Waals surface area (Å²) in [7, 11) is 0. The summed E-state index contributed by atoms with van der Waals surface area (Å²) >= 11 is 0. The zero-order valence-corrected chi connectivity index (χ0v) is 23.8. The van der Waals surface area contributed by atoms with Gasteiger partial charge in [0.1, 0.15) is 17.5 Å². The molecule has 3 aromatic heterocycles. The lowest BCUT2D eigenvalue weighted by Gasteiger charge is -2.15. The van der Waals surface area contributed by atoms with Gasteiger partial charge in [-0.3, -0.25) is 0 Å². The van der Waals surface area contributed by atoms with Gasteiger partial charge in [-0.05, 0) is 109 Å². The quantitative estimate of drug-likeness (QED) is 0.211. The molecule has 0 N–H and O–H groups in total. The molecule has 42 heavy (non-hydrogen) atoms. The van der Waals surface area contributed by atoms with Crippen LogP contribution in [0.3, 0.4) is 0 Å². The lowest BCUT2D eigenvalue weighted by molar-refractivity contribution is 0.975. The van der Waals surface area contributed by atoms with Gasteiger partial charge in [0, 0.05) is 54.2 Å². The molecule has 6 nitrogen and oxygen atoms in total. The summed E-state index contributed by atoms with van der Waals surface area (Å²) in [6, 6.07) is 32.8. The van der Waals surface area contributed by atoms with E-state index < -0.39 is 0 Å². The minimum Gasteiger partial charge on any atom is -0.304 e. The van der Waals surface area contributed by atoms with Gasteiger partial charge in [-0.15, -0.1) is 0 Å². The Hall–Kier alpha value is -5.49. The first-order valence-corrected chi connectivity index (χ1v) is 14.0. The minimum absolute atomic E-state index is 0.958. The highest BCUT2D eigenvalue weighted by Crippen LogP contribution is 2.35. The van der Waals surface area contributed by atoms with Crippen LogP contribution in [-0.4, -0.2) is 28.7 Å². The van der Waals surface area contributed by atoms with E-state index in [9.17, 15) is 0 Å². The van der Waals surface area contributed by atoms with Gasteiger partial charge in [-0.1, -0.05) is 36.4 Å². The lowest BCUT2D eigenvalue weighted by atomic mass is 9.93. The Morgan fingerprint density at radius 1 is 0.381 bits per heavy atom. The van der Waals surface area contributed by atoms with Crippen molar-refractivity contribution in [1.82, 2.24) is 28.7 Å². The number of hydrogen-bond acceptors (Lipinski definition) is 3. The smallest absolute Gasteiger partial charge is 0.110 e. The fourth-order valence-electron chi connectivity index (χ4n) is 5.59. The van der Waals surface area contributed by atoms with E-state index in [1.807, 2.05) is 58.0 Å². The average Bonchev–Trinajstić information content (AvgIpc) is 3.78. The molecule has 0 aliphatic rings. The Labute approximate surface area is 245 Å². The van der Waals surface area contributed by atoms with Crippen LogP contribution in [0.5, 0.6) is 0 Å². The van der Waals surface area contributed by atoms with Crippen LogP contribution in [0.25, 0.3) is 50.4 Å². The fraction of sp³-hybridized carbons (Fsp3) is 0.0833. The van der Waals surface area contributed by atoms with E-state index in [0.29, 0.717) is 0 Å². The Morgan fingerprint density at radius 2 is 0.690 bits per heavy atom.